The monoisotopic (exact) mass is 161 g/mol. The largest absolute Gasteiger partial charge is 0.543 e. The third kappa shape index (κ3) is 0.852. The Balaban J connectivity index is 2.82. The number of hydrogen-bond acceptors (Lipinski definition) is 3. The van der Waals surface area contributed by atoms with Gasteiger partial charge < -0.3 is 9.90 Å². The molecule has 0 N–H and O–H groups in total. The van der Waals surface area contributed by atoms with E-state index in [1.807, 2.05) is 0 Å². The van der Waals surface area contributed by atoms with Crippen molar-refractivity contribution in [3.8, 4) is 0 Å². The van der Waals surface area contributed by atoms with Crippen LogP contribution in [0.15, 0.2) is 30.6 Å². The number of carbonyl (C=O) groups is 1. The summed E-state index contributed by atoms with van der Waals surface area (Å²) < 4.78 is 1.47. The van der Waals surface area contributed by atoms with Crippen LogP contribution in [0.25, 0.3) is 5.65 Å². The average molecular weight is 161 g/mol. The molecule has 0 fully saturated rings. The van der Waals surface area contributed by atoms with Crippen molar-refractivity contribution in [1.82, 2.24) is 9.38 Å². The molecule has 60 valence electrons. The van der Waals surface area contributed by atoms with Gasteiger partial charge in [-0.05, 0) is 12.1 Å². The zero-order chi connectivity index (χ0) is 8.55. The maximum atomic E-state index is 10.6. The number of aromatic carboxylic acids is 1. The van der Waals surface area contributed by atoms with Gasteiger partial charge in [-0.3, -0.25) is 4.40 Å². The molecule has 0 aliphatic heterocycles. The Labute approximate surface area is 68.1 Å². The first kappa shape index (κ1) is 6.84. The molecule has 0 amide bonds. The lowest BCUT2D eigenvalue weighted by Crippen LogP contribution is -2.24. The highest BCUT2D eigenvalue weighted by atomic mass is 16.4. The van der Waals surface area contributed by atoms with E-state index >= 15 is 0 Å². The van der Waals surface area contributed by atoms with E-state index in [0.29, 0.717) is 5.65 Å². The van der Waals surface area contributed by atoms with Crippen molar-refractivity contribution in [2.45, 2.75) is 0 Å². The summed E-state index contributed by atoms with van der Waals surface area (Å²) in [6, 6.07) is 4.84. The Morgan fingerprint density at radius 2 is 2.33 bits per heavy atom. The van der Waals surface area contributed by atoms with Gasteiger partial charge in [-0.2, -0.15) is 0 Å². The van der Waals surface area contributed by atoms with Crippen LogP contribution >= 0.6 is 0 Å². The molecule has 2 aromatic heterocycles. The number of pyridine rings is 1. The first-order valence-corrected chi connectivity index (χ1v) is 3.42. The standard InChI is InChI=1S/C8H6N2O2/c11-8(12)6-2-1-3-7-9-4-5-10(6)7/h1-5H,(H,11,12)/p-1. The molecule has 2 rings (SSSR count). The van der Waals surface area contributed by atoms with Gasteiger partial charge in [-0.1, -0.05) is 6.07 Å². The second kappa shape index (κ2) is 2.34. The van der Waals surface area contributed by atoms with E-state index in [4.69, 9.17) is 0 Å². The summed E-state index contributed by atoms with van der Waals surface area (Å²) in [4.78, 5) is 14.5. The zero-order valence-corrected chi connectivity index (χ0v) is 6.10. The Morgan fingerprint density at radius 3 is 3.08 bits per heavy atom. The molecule has 0 spiro atoms. The zero-order valence-electron chi connectivity index (χ0n) is 6.10. The third-order valence-corrected chi connectivity index (χ3v) is 1.64. The van der Waals surface area contributed by atoms with Crippen molar-refractivity contribution in [3.05, 3.63) is 36.3 Å². The molecule has 0 atom stereocenters. The number of carboxylic acids is 1. The summed E-state index contributed by atoms with van der Waals surface area (Å²) in [5, 5.41) is 10.6. The van der Waals surface area contributed by atoms with Gasteiger partial charge in [-0.25, -0.2) is 4.98 Å². The van der Waals surface area contributed by atoms with E-state index in [0.717, 1.165) is 0 Å². The van der Waals surface area contributed by atoms with Crippen LogP contribution in [-0.2, 0) is 0 Å². The molecule has 0 aliphatic carbocycles. The fraction of sp³-hybridized carbons (Fsp3) is 0. The number of fused-ring (bicyclic) bond motifs is 1. The molecule has 0 bridgehead atoms. The number of aromatic nitrogens is 2. The number of carbonyl (C=O) groups excluding carboxylic acids is 1. The normalized spacial score (nSPS) is 10.3. The minimum atomic E-state index is -1.20. The highest BCUT2D eigenvalue weighted by Crippen LogP contribution is 2.04. The predicted molar refractivity (Wildman–Crippen MR) is 39.5 cm³/mol. The van der Waals surface area contributed by atoms with Crippen LogP contribution < -0.4 is 5.11 Å². The van der Waals surface area contributed by atoms with Crippen molar-refractivity contribution in [2.24, 2.45) is 0 Å². The van der Waals surface area contributed by atoms with E-state index < -0.39 is 5.97 Å². The Bertz CT molecular complexity index is 433. The Kier molecular flexibility index (Phi) is 1.33. The number of rotatable bonds is 1. The highest BCUT2D eigenvalue weighted by molar-refractivity contribution is 5.84. The van der Waals surface area contributed by atoms with Crippen LogP contribution in [0.1, 0.15) is 10.5 Å². The molecule has 2 aromatic rings. The fourth-order valence-electron chi connectivity index (χ4n) is 1.11. The molecule has 0 unspecified atom stereocenters. The maximum absolute atomic E-state index is 10.6. The molecule has 4 nitrogen and oxygen atoms in total. The summed E-state index contributed by atoms with van der Waals surface area (Å²) in [5.41, 5.74) is 0.724. The average Bonchev–Trinajstić information content (AvgIpc) is 2.49. The maximum Gasteiger partial charge on any atom is 0.137 e. The van der Waals surface area contributed by atoms with Crippen molar-refractivity contribution in [2.75, 3.05) is 0 Å². The molecule has 4 heteroatoms. The topological polar surface area (TPSA) is 57.4 Å². The van der Waals surface area contributed by atoms with Crippen LogP contribution in [0.3, 0.4) is 0 Å². The molecular weight excluding hydrogens is 156 g/mol. The Hall–Kier alpha value is -1.84. The number of carboxylic acid groups (broad SMARTS) is 1. The Morgan fingerprint density at radius 1 is 1.50 bits per heavy atom. The van der Waals surface area contributed by atoms with Gasteiger partial charge >= 0.3 is 0 Å². The fourth-order valence-corrected chi connectivity index (χ4v) is 1.11. The van der Waals surface area contributed by atoms with Crippen molar-refractivity contribution < 1.29 is 9.90 Å². The summed E-state index contributed by atoms with van der Waals surface area (Å²) in [5.74, 6) is -1.20. The quantitative estimate of drug-likeness (QED) is 0.576. The first-order chi connectivity index (χ1) is 5.79. The van der Waals surface area contributed by atoms with Gasteiger partial charge in [0.2, 0.25) is 0 Å². The SMILES string of the molecule is O=C([O-])c1cccc2nccn12. The lowest BCUT2D eigenvalue weighted by Gasteiger charge is -2.04. The summed E-state index contributed by atoms with van der Waals surface area (Å²) >= 11 is 0. The van der Waals surface area contributed by atoms with Crippen LogP contribution in [0.4, 0.5) is 0 Å². The van der Waals surface area contributed by atoms with E-state index in [1.165, 1.54) is 10.5 Å². The summed E-state index contributed by atoms with van der Waals surface area (Å²) in [6.45, 7) is 0. The van der Waals surface area contributed by atoms with Crippen molar-refractivity contribution in [3.63, 3.8) is 0 Å². The minimum absolute atomic E-state index is 0.116. The summed E-state index contributed by atoms with van der Waals surface area (Å²) in [7, 11) is 0. The molecule has 0 saturated heterocycles. The second-order valence-electron chi connectivity index (χ2n) is 2.35. The van der Waals surface area contributed by atoms with Gasteiger partial charge in [0.1, 0.15) is 5.65 Å². The predicted octanol–water partition coefficient (Wildman–Crippen LogP) is -0.302. The second-order valence-corrected chi connectivity index (χ2v) is 2.35. The minimum Gasteiger partial charge on any atom is -0.543 e. The van der Waals surface area contributed by atoms with Crippen LogP contribution in [0, 0.1) is 0 Å². The van der Waals surface area contributed by atoms with Crippen LogP contribution in [0.2, 0.25) is 0 Å². The lowest BCUT2D eigenvalue weighted by atomic mass is 10.3. The van der Waals surface area contributed by atoms with E-state index in [1.54, 1.807) is 24.5 Å². The van der Waals surface area contributed by atoms with E-state index in [9.17, 15) is 9.90 Å². The molecule has 0 aliphatic rings. The van der Waals surface area contributed by atoms with E-state index in [2.05, 4.69) is 4.98 Å². The van der Waals surface area contributed by atoms with Gasteiger partial charge in [0, 0.05) is 12.4 Å². The molecule has 0 saturated carbocycles. The molecule has 0 aromatic carbocycles. The number of nitrogens with zero attached hydrogens (tertiary/aromatic N) is 2. The van der Waals surface area contributed by atoms with E-state index in [-0.39, 0.29) is 5.69 Å². The number of imidazole rings is 1. The number of hydrogen-bond donors (Lipinski definition) is 0. The van der Waals surface area contributed by atoms with Crippen LogP contribution in [-0.4, -0.2) is 15.4 Å². The first-order valence-electron chi connectivity index (χ1n) is 3.42. The van der Waals surface area contributed by atoms with Gasteiger partial charge in [0.15, 0.2) is 0 Å². The smallest absolute Gasteiger partial charge is 0.137 e. The summed E-state index contributed by atoms with van der Waals surface area (Å²) in [6.07, 6.45) is 3.13. The molecule has 12 heavy (non-hydrogen) atoms. The molecular formula is C8H5N2O2-. The molecule has 2 heterocycles. The third-order valence-electron chi connectivity index (χ3n) is 1.64. The van der Waals surface area contributed by atoms with Crippen molar-refractivity contribution >= 4 is 11.6 Å². The molecule has 0 radical (unpaired) electrons. The highest BCUT2D eigenvalue weighted by Gasteiger charge is 1.99. The van der Waals surface area contributed by atoms with Crippen LogP contribution in [0.5, 0.6) is 0 Å². The van der Waals surface area contributed by atoms with Crippen molar-refractivity contribution in [1.29, 1.82) is 0 Å². The van der Waals surface area contributed by atoms with Gasteiger partial charge in [0.25, 0.3) is 0 Å². The lowest BCUT2D eigenvalue weighted by molar-refractivity contribution is -0.255. The van der Waals surface area contributed by atoms with Gasteiger partial charge in [0.05, 0.1) is 11.7 Å². The van der Waals surface area contributed by atoms with Gasteiger partial charge in [-0.15, -0.1) is 0 Å².